The van der Waals surface area contributed by atoms with Crippen molar-refractivity contribution < 1.29 is 4.74 Å². The Bertz CT molecular complexity index is 388. The maximum atomic E-state index is 6.00. The molecule has 3 nitrogen and oxygen atoms in total. The van der Waals surface area contributed by atoms with Gasteiger partial charge in [0.25, 0.3) is 0 Å². The predicted octanol–water partition coefficient (Wildman–Crippen LogP) is 3.49. The average Bonchev–Trinajstić information content (AvgIpc) is 2.77. The average molecular weight is 311 g/mol. The van der Waals surface area contributed by atoms with Gasteiger partial charge in [0, 0.05) is 37.3 Å². The number of halogens is 1. The number of nitrogens with one attached hydrogen (secondary N) is 1. The predicted molar refractivity (Wildman–Crippen MR) is 89.0 cm³/mol. The molecule has 4 heteroatoms. The van der Waals surface area contributed by atoms with E-state index in [0.29, 0.717) is 6.04 Å². The number of hydrogen-bond donors (Lipinski definition) is 1. The fraction of sp³-hybridized carbons (Fsp3) is 0.647. The first-order valence-electron chi connectivity index (χ1n) is 8.08. The first kappa shape index (κ1) is 16.8. The monoisotopic (exact) mass is 310 g/mol. The van der Waals surface area contributed by atoms with Crippen LogP contribution in [0.15, 0.2) is 24.3 Å². The van der Waals surface area contributed by atoms with Crippen molar-refractivity contribution in [1.29, 1.82) is 0 Å². The molecule has 1 fully saturated rings. The van der Waals surface area contributed by atoms with Crippen LogP contribution in [0.5, 0.6) is 0 Å². The van der Waals surface area contributed by atoms with Crippen molar-refractivity contribution in [2.75, 3.05) is 39.4 Å². The van der Waals surface area contributed by atoms with E-state index in [1.807, 2.05) is 12.1 Å². The smallest absolute Gasteiger partial charge is 0.0593 e. The molecule has 0 bridgehead atoms. The molecule has 1 heterocycles. The van der Waals surface area contributed by atoms with E-state index in [9.17, 15) is 0 Å². The van der Waals surface area contributed by atoms with Crippen LogP contribution >= 0.6 is 11.6 Å². The highest BCUT2D eigenvalue weighted by Crippen LogP contribution is 2.20. The van der Waals surface area contributed by atoms with Crippen molar-refractivity contribution in [1.82, 2.24) is 10.2 Å². The molecule has 1 atom stereocenters. The quantitative estimate of drug-likeness (QED) is 0.834. The van der Waals surface area contributed by atoms with Crippen molar-refractivity contribution in [3.05, 3.63) is 34.9 Å². The van der Waals surface area contributed by atoms with E-state index >= 15 is 0 Å². The van der Waals surface area contributed by atoms with Gasteiger partial charge in [-0.25, -0.2) is 0 Å². The Hall–Kier alpha value is -0.610. The molecule has 0 saturated carbocycles. The third-order valence-corrected chi connectivity index (χ3v) is 4.21. The maximum absolute atomic E-state index is 6.00. The molecule has 118 valence electrons. The van der Waals surface area contributed by atoms with Crippen LogP contribution in [0, 0.1) is 0 Å². The second kappa shape index (κ2) is 9.42. The summed E-state index contributed by atoms with van der Waals surface area (Å²) in [6.45, 7) is 8.36. The Balaban J connectivity index is 1.90. The standard InChI is InChI=1S/C17H27ClN2O/c1-2-9-19-17(15-4-6-16(18)7-5-15)8-11-20-10-3-13-21-14-12-20/h4-7,17,19H,2-3,8-14H2,1H3. The minimum atomic E-state index is 0.409. The van der Waals surface area contributed by atoms with Crippen molar-refractivity contribution in [2.45, 2.75) is 32.2 Å². The third-order valence-electron chi connectivity index (χ3n) is 3.96. The second-order valence-electron chi connectivity index (χ2n) is 5.65. The molecule has 1 saturated heterocycles. The summed E-state index contributed by atoms with van der Waals surface area (Å²) in [5.41, 5.74) is 1.33. The minimum absolute atomic E-state index is 0.409. The molecule has 0 spiro atoms. The zero-order chi connectivity index (χ0) is 14.9. The lowest BCUT2D eigenvalue weighted by molar-refractivity contribution is 0.140. The van der Waals surface area contributed by atoms with E-state index in [1.54, 1.807) is 0 Å². The van der Waals surface area contributed by atoms with E-state index in [1.165, 1.54) is 5.56 Å². The van der Waals surface area contributed by atoms with Crippen LogP contribution in [0.2, 0.25) is 5.02 Å². The second-order valence-corrected chi connectivity index (χ2v) is 6.09. The van der Waals surface area contributed by atoms with Gasteiger partial charge in [-0.2, -0.15) is 0 Å². The first-order valence-corrected chi connectivity index (χ1v) is 8.46. The summed E-state index contributed by atoms with van der Waals surface area (Å²) in [6.07, 6.45) is 3.43. The molecule has 1 aromatic rings. The van der Waals surface area contributed by atoms with Gasteiger partial charge >= 0.3 is 0 Å². The van der Waals surface area contributed by atoms with Crippen molar-refractivity contribution >= 4 is 11.6 Å². The van der Waals surface area contributed by atoms with Gasteiger partial charge in [-0.1, -0.05) is 30.7 Å². The van der Waals surface area contributed by atoms with Crippen LogP contribution < -0.4 is 5.32 Å². The lowest BCUT2D eigenvalue weighted by Crippen LogP contribution is -2.31. The molecular formula is C17H27ClN2O. The van der Waals surface area contributed by atoms with Crippen LogP contribution in [0.4, 0.5) is 0 Å². The molecular weight excluding hydrogens is 284 g/mol. The van der Waals surface area contributed by atoms with E-state index in [2.05, 4.69) is 29.3 Å². The molecule has 1 aromatic carbocycles. The van der Waals surface area contributed by atoms with Gasteiger partial charge in [-0.3, -0.25) is 0 Å². The molecule has 1 N–H and O–H groups in total. The van der Waals surface area contributed by atoms with Gasteiger partial charge in [-0.15, -0.1) is 0 Å². The van der Waals surface area contributed by atoms with E-state index in [-0.39, 0.29) is 0 Å². The summed E-state index contributed by atoms with van der Waals surface area (Å²) >= 11 is 6.00. The highest BCUT2D eigenvalue weighted by atomic mass is 35.5. The summed E-state index contributed by atoms with van der Waals surface area (Å²) in [5, 5.41) is 4.46. The molecule has 1 aliphatic rings. The Morgan fingerprint density at radius 3 is 2.81 bits per heavy atom. The van der Waals surface area contributed by atoms with Crippen LogP contribution in [-0.2, 0) is 4.74 Å². The van der Waals surface area contributed by atoms with Gasteiger partial charge in [-0.05, 0) is 43.5 Å². The van der Waals surface area contributed by atoms with Gasteiger partial charge in [0.2, 0.25) is 0 Å². The molecule has 0 amide bonds. The molecule has 0 aliphatic carbocycles. The maximum Gasteiger partial charge on any atom is 0.0593 e. The normalized spacial score (nSPS) is 18.4. The fourth-order valence-electron chi connectivity index (χ4n) is 2.73. The van der Waals surface area contributed by atoms with Crippen LogP contribution in [0.3, 0.4) is 0 Å². The summed E-state index contributed by atoms with van der Waals surface area (Å²) < 4.78 is 5.52. The summed E-state index contributed by atoms with van der Waals surface area (Å²) in [6, 6.07) is 8.66. The van der Waals surface area contributed by atoms with Gasteiger partial charge < -0.3 is 15.0 Å². The van der Waals surface area contributed by atoms with Crippen molar-refractivity contribution in [3.8, 4) is 0 Å². The Morgan fingerprint density at radius 2 is 2.05 bits per heavy atom. The summed E-state index contributed by atoms with van der Waals surface area (Å²) in [5.74, 6) is 0. The van der Waals surface area contributed by atoms with Crippen LogP contribution in [-0.4, -0.2) is 44.3 Å². The number of ether oxygens (including phenoxy) is 1. The largest absolute Gasteiger partial charge is 0.380 e. The minimum Gasteiger partial charge on any atom is -0.380 e. The first-order chi connectivity index (χ1) is 10.3. The van der Waals surface area contributed by atoms with Gasteiger partial charge in [0.1, 0.15) is 0 Å². The van der Waals surface area contributed by atoms with E-state index in [4.69, 9.17) is 16.3 Å². The Kier molecular flexibility index (Phi) is 7.51. The van der Waals surface area contributed by atoms with E-state index < -0.39 is 0 Å². The van der Waals surface area contributed by atoms with E-state index in [0.717, 1.165) is 63.7 Å². The molecule has 1 unspecified atom stereocenters. The number of rotatable bonds is 7. The molecule has 2 rings (SSSR count). The van der Waals surface area contributed by atoms with Crippen LogP contribution in [0.25, 0.3) is 0 Å². The molecule has 1 aliphatic heterocycles. The number of benzene rings is 1. The lowest BCUT2D eigenvalue weighted by atomic mass is 10.0. The zero-order valence-electron chi connectivity index (χ0n) is 13.0. The van der Waals surface area contributed by atoms with Gasteiger partial charge in [0.15, 0.2) is 0 Å². The third kappa shape index (κ3) is 5.95. The number of hydrogen-bond acceptors (Lipinski definition) is 3. The Labute approximate surface area is 133 Å². The highest BCUT2D eigenvalue weighted by molar-refractivity contribution is 6.30. The highest BCUT2D eigenvalue weighted by Gasteiger charge is 2.14. The van der Waals surface area contributed by atoms with Gasteiger partial charge in [0.05, 0.1) is 6.61 Å². The molecule has 0 aromatic heterocycles. The van der Waals surface area contributed by atoms with Crippen molar-refractivity contribution in [2.24, 2.45) is 0 Å². The summed E-state index contributed by atoms with van der Waals surface area (Å²) in [4.78, 5) is 2.52. The molecule has 21 heavy (non-hydrogen) atoms. The topological polar surface area (TPSA) is 24.5 Å². The van der Waals surface area contributed by atoms with Crippen molar-refractivity contribution in [3.63, 3.8) is 0 Å². The molecule has 0 radical (unpaired) electrons. The van der Waals surface area contributed by atoms with Crippen LogP contribution in [0.1, 0.15) is 37.8 Å². The zero-order valence-corrected chi connectivity index (χ0v) is 13.7. The summed E-state index contributed by atoms with van der Waals surface area (Å²) in [7, 11) is 0. The Morgan fingerprint density at radius 1 is 1.24 bits per heavy atom. The number of nitrogens with zero attached hydrogens (tertiary/aromatic N) is 1. The SMILES string of the molecule is CCCNC(CCN1CCCOCC1)c1ccc(Cl)cc1. The lowest BCUT2D eigenvalue weighted by Gasteiger charge is -2.24. The fourth-order valence-corrected chi connectivity index (χ4v) is 2.86.